The summed E-state index contributed by atoms with van der Waals surface area (Å²) in [6.45, 7) is 0. The zero-order chi connectivity index (χ0) is 17.0. The third-order valence-electron chi connectivity index (χ3n) is 3.98. The lowest BCUT2D eigenvalue weighted by molar-refractivity contribution is -0.124. The van der Waals surface area contributed by atoms with Gasteiger partial charge in [-0.25, -0.2) is 13.8 Å². The summed E-state index contributed by atoms with van der Waals surface area (Å²) in [5.41, 5.74) is 4.94. The van der Waals surface area contributed by atoms with Gasteiger partial charge < -0.3 is 0 Å². The maximum atomic E-state index is 12.2. The molecule has 2 aromatic carbocycles. The Morgan fingerprint density at radius 1 is 0.958 bits per heavy atom. The molecule has 0 bridgehead atoms. The smallest absolute Gasteiger partial charge is 0.244 e. The van der Waals surface area contributed by atoms with Crippen molar-refractivity contribution in [1.82, 2.24) is 5.43 Å². The van der Waals surface area contributed by atoms with Crippen LogP contribution in [0.4, 0.5) is 0 Å². The Morgan fingerprint density at radius 2 is 1.50 bits per heavy atom. The lowest BCUT2D eigenvalue weighted by atomic mass is 10.0. The molecule has 0 radical (unpaired) electrons. The first-order valence-electron chi connectivity index (χ1n) is 7.74. The lowest BCUT2D eigenvalue weighted by Gasteiger charge is -2.10. The molecule has 0 saturated carbocycles. The molecule has 1 N–H and O–H groups in total. The van der Waals surface area contributed by atoms with Gasteiger partial charge in [-0.3, -0.25) is 4.79 Å². The van der Waals surface area contributed by atoms with E-state index in [9.17, 15) is 13.2 Å². The van der Waals surface area contributed by atoms with Crippen LogP contribution in [0, 0.1) is 5.92 Å². The van der Waals surface area contributed by atoms with E-state index in [0.29, 0.717) is 12.1 Å². The van der Waals surface area contributed by atoms with Gasteiger partial charge in [-0.1, -0.05) is 60.7 Å². The molecular formula is C18H18N2O3S. The summed E-state index contributed by atoms with van der Waals surface area (Å²) in [5, 5.41) is 4.28. The molecule has 1 heterocycles. The largest absolute Gasteiger partial charge is 0.273 e. The molecule has 0 aliphatic carbocycles. The van der Waals surface area contributed by atoms with Crippen molar-refractivity contribution in [1.29, 1.82) is 0 Å². The zero-order valence-electron chi connectivity index (χ0n) is 13.1. The third kappa shape index (κ3) is 3.89. The van der Waals surface area contributed by atoms with Crippen LogP contribution in [-0.4, -0.2) is 31.5 Å². The van der Waals surface area contributed by atoms with Gasteiger partial charge in [0.25, 0.3) is 0 Å². The fraction of sp³-hybridized carbons (Fsp3) is 0.222. The van der Waals surface area contributed by atoms with Crippen LogP contribution in [0.1, 0.15) is 17.5 Å². The normalized spacial score (nSPS) is 18.8. The highest BCUT2D eigenvalue weighted by molar-refractivity contribution is 7.91. The van der Waals surface area contributed by atoms with Crippen molar-refractivity contribution < 1.29 is 13.2 Å². The third-order valence-corrected chi connectivity index (χ3v) is 5.74. The highest BCUT2D eigenvalue weighted by Crippen LogP contribution is 2.18. The quantitative estimate of drug-likeness (QED) is 0.682. The van der Waals surface area contributed by atoms with Gasteiger partial charge in [-0.15, -0.1) is 0 Å². The number of carbonyl (C=O) groups excluding carboxylic acids is 1. The number of hydrogen-bond donors (Lipinski definition) is 1. The molecule has 3 rings (SSSR count). The molecule has 1 aliphatic heterocycles. The maximum Gasteiger partial charge on any atom is 0.244 e. The maximum absolute atomic E-state index is 12.2. The van der Waals surface area contributed by atoms with E-state index in [1.54, 1.807) is 0 Å². The number of carbonyl (C=O) groups is 1. The van der Waals surface area contributed by atoms with Crippen LogP contribution in [0.2, 0.25) is 0 Å². The van der Waals surface area contributed by atoms with E-state index < -0.39 is 15.8 Å². The van der Waals surface area contributed by atoms with Crippen LogP contribution < -0.4 is 5.43 Å². The summed E-state index contributed by atoms with van der Waals surface area (Å²) in [5.74, 6) is -0.897. The van der Waals surface area contributed by atoms with Gasteiger partial charge in [0, 0.05) is 11.1 Å². The number of benzene rings is 2. The predicted octanol–water partition coefficient (Wildman–Crippen LogP) is 1.99. The summed E-state index contributed by atoms with van der Waals surface area (Å²) in [7, 11) is -3.09. The fourth-order valence-corrected chi connectivity index (χ4v) is 4.43. The summed E-state index contributed by atoms with van der Waals surface area (Å²) < 4.78 is 23.0. The number of rotatable bonds is 4. The van der Waals surface area contributed by atoms with E-state index in [2.05, 4.69) is 10.5 Å². The lowest BCUT2D eigenvalue weighted by Crippen LogP contribution is -2.29. The van der Waals surface area contributed by atoms with Crippen molar-refractivity contribution in [2.24, 2.45) is 11.0 Å². The van der Waals surface area contributed by atoms with Crippen LogP contribution in [-0.2, 0) is 14.6 Å². The summed E-state index contributed by atoms with van der Waals surface area (Å²) in [6.07, 6.45) is 0.357. The Hall–Kier alpha value is -2.47. The number of hydrazone groups is 1. The van der Waals surface area contributed by atoms with Crippen molar-refractivity contribution >= 4 is 21.5 Å². The van der Waals surface area contributed by atoms with Crippen molar-refractivity contribution in [2.75, 3.05) is 11.5 Å². The Kier molecular flexibility index (Phi) is 4.76. The zero-order valence-corrected chi connectivity index (χ0v) is 13.9. The van der Waals surface area contributed by atoms with Gasteiger partial charge in [-0.2, -0.15) is 5.10 Å². The van der Waals surface area contributed by atoms with Crippen LogP contribution in [0.5, 0.6) is 0 Å². The number of sulfone groups is 1. The molecule has 1 saturated heterocycles. The molecule has 124 valence electrons. The average Bonchev–Trinajstić information content (AvgIpc) is 2.97. The first kappa shape index (κ1) is 16.4. The van der Waals surface area contributed by atoms with E-state index >= 15 is 0 Å². The van der Waals surface area contributed by atoms with Crippen molar-refractivity contribution in [2.45, 2.75) is 6.42 Å². The van der Waals surface area contributed by atoms with Crippen LogP contribution in [0.15, 0.2) is 65.8 Å². The molecule has 1 aliphatic rings. The van der Waals surface area contributed by atoms with Gasteiger partial charge in [0.1, 0.15) is 0 Å². The SMILES string of the molecule is O=C(NN=C(c1ccccc1)c1ccccc1)C1CCS(=O)(=O)C1. The van der Waals surface area contributed by atoms with Gasteiger partial charge >= 0.3 is 0 Å². The molecular weight excluding hydrogens is 324 g/mol. The van der Waals surface area contributed by atoms with Gasteiger partial charge in [0.15, 0.2) is 9.84 Å². The molecule has 5 nitrogen and oxygen atoms in total. The molecule has 1 fully saturated rings. The monoisotopic (exact) mass is 342 g/mol. The van der Waals surface area contributed by atoms with Crippen molar-refractivity contribution in [3.63, 3.8) is 0 Å². The van der Waals surface area contributed by atoms with E-state index in [1.165, 1.54) is 0 Å². The molecule has 1 amide bonds. The Bertz CT molecular complexity index is 805. The van der Waals surface area contributed by atoms with Crippen molar-refractivity contribution in [3.8, 4) is 0 Å². The van der Waals surface area contributed by atoms with E-state index in [-0.39, 0.29) is 17.4 Å². The number of amides is 1. The summed E-state index contributed by atoms with van der Waals surface area (Å²) in [6, 6.07) is 19.1. The molecule has 0 aromatic heterocycles. The Morgan fingerprint density at radius 3 is 1.96 bits per heavy atom. The summed E-state index contributed by atoms with van der Waals surface area (Å²) >= 11 is 0. The number of hydrogen-bond acceptors (Lipinski definition) is 4. The average molecular weight is 342 g/mol. The fourth-order valence-electron chi connectivity index (χ4n) is 2.69. The first-order valence-corrected chi connectivity index (χ1v) is 9.56. The van der Waals surface area contributed by atoms with E-state index in [4.69, 9.17) is 0 Å². The van der Waals surface area contributed by atoms with E-state index in [1.807, 2.05) is 60.7 Å². The molecule has 1 unspecified atom stereocenters. The predicted molar refractivity (Wildman–Crippen MR) is 93.4 cm³/mol. The molecule has 1 atom stereocenters. The molecule has 0 spiro atoms. The van der Waals surface area contributed by atoms with Gasteiger partial charge in [0.2, 0.25) is 5.91 Å². The number of nitrogens with one attached hydrogen (secondary N) is 1. The Balaban J connectivity index is 1.84. The second kappa shape index (κ2) is 6.97. The molecule has 24 heavy (non-hydrogen) atoms. The summed E-state index contributed by atoms with van der Waals surface area (Å²) in [4.78, 5) is 12.2. The number of nitrogens with zero attached hydrogens (tertiary/aromatic N) is 1. The van der Waals surface area contributed by atoms with Crippen LogP contribution in [0.25, 0.3) is 0 Å². The highest BCUT2D eigenvalue weighted by Gasteiger charge is 2.32. The first-order chi connectivity index (χ1) is 11.6. The van der Waals surface area contributed by atoms with Crippen LogP contribution >= 0.6 is 0 Å². The Labute approximate surface area is 141 Å². The molecule has 6 heteroatoms. The topological polar surface area (TPSA) is 75.6 Å². The minimum absolute atomic E-state index is 0.0685. The van der Waals surface area contributed by atoms with Crippen LogP contribution in [0.3, 0.4) is 0 Å². The molecule has 2 aromatic rings. The van der Waals surface area contributed by atoms with E-state index in [0.717, 1.165) is 11.1 Å². The highest BCUT2D eigenvalue weighted by atomic mass is 32.2. The minimum Gasteiger partial charge on any atom is -0.273 e. The second-order valence-corrected chi connectivity index (χ2v) is 8.00. The van der Waals surface area contributed by atoms with Crippen molar-refractivity contribution in [3.05, 3.63) is 71.8 Å². The minimum atomic E-state index is -3.09. The van der Waals surface area contributed by atoms with Gasteiger partial charge in [-0.05, 0) is 6.42 Å². The standard InChI is InChI=1S/C18H18N2O3S/c21-18(16-11-12-24(22,23)13-16)20-19-17(14-7-3-1-4-8-14)15-9-5-2-6-10-15/h1-10,16H,11-13H2,(H,20,21). The van der Waals surface area contributed by atoms with Gasteiger partial charge in [0.05, 0.1) is 23.1 Å². The second-order valence-electron chi connectivity index (χ2n) is 5.77.